The van der Waals surface area contributed by atoms with Crippen molar-refractivity contribution in [3.05, 3.63) is 137 Å². The van der Waals surface area contributed by atoms with Crippen molar-refractivity contribution in [2.75, 3.05) is 35.2 Å². The number of benzene rings is 5. The zero-order valence-corrected chi connectivity index (χ0v) is 31.5. The molecular weight excluding hydrogens is 595 g/mol. The molecule has 0 aliphatic carbocycles. The van der Waals surface area contributed by atoms with Crippen molar-refractivity contribution in [2.24, 2.45) is 10.8 Å². The van der Waals surface area contributed by atoms with E-state index in [1.807, 2.05) is 0 Å². The Morgan fingerprint density at radius 3 is 1.71 bits per heavy atom. The summed E-state index contributed by atoms with van der Waals surface area (Å²) < 4.78 is 0. The van der Waals surface area contributed by atoms with Crippen molar-refractivity contribution in [1.29, 1.82) is 0 Å². The van der Waals surface area contributed by atoms with Gasteiger partial charge in [-0.1, -0.05) is 120 Å². The molecule has 5 aromatic rings. The van der Waals surface area contributed by atoms with Crippen LogP contribution in [0.5, 0.6) is 0 Å². The highest BCUT2D eigenvalue weighted by molar-refractivity contribution is 5.97. The molecule has 0 fully saturated rings. The van der Waals surface area contributed by atoms with E-state index in [2.05, 4.69) is 187 Å². The Morgan fingerprint density at radius 2 is 1.16 bits per heavy atom. The van der Waals surface area contributed by atoms with E-state index in [1.54, 1.807) is 0 Å². The second kappa shape index (κ2) is 15.5. The topological polar surface area (TPSA) is 27.3 Å². The summed E-state index contributed by atoms with van der Waals surface area (Å²) in [5.74, 6) is 0.628. The normalized spacial score (nSPS) is 13.2. The zero-order chi connectivity index (χ0) is 35.2. The van der Waals surface area contributed by atoms with Gasteiger partial charge in [0.25, 0.3) is 0 Å². The average Bonchev–Trinajstić information content (AvgIpc) is 3.08. The first-order valence-electron chi connectivity index (χ1n) is 18.4. The van der Waals surface area contributed by atoms with Crippen LogP contribution in [0.25, 0.3) is 10.8 Å². The van der Waals surface area contributed by atoms with Crippen molar-refractivity contribution in [3.63, 3.8) is 0 Å². The zero-order valence-electron chi connectivity index (χ0n) is 31.5. The molecule has 0 heterocycles. The van der Waals surface area contributed by atoms with E-state index in [-0.39, 0.29) is 16.7 Å². The second-order valence-corrected chi connectivity index (χ2v) is 15.9. The van der Waals surface area contributed by atoms with Gasteiger partial charge in [-0.3, -0.25) is 0 Å². The lowest BCUT2D eigenvalue weighted by Crippen LogP contribution is -2.23. The molecule has 0 aliphatic rings. The first-order chi connectivity index (χ1) is 23.4. The minimum absolute atomic E-state index is 0.108. The summed E-state index contributed by atoms with van der Waals surface area (Å²) in [5.41, 5.74) is 10.8. The van der Waals surface area contributed by atoms with E-state index in [4.69, 9.17) is 0 Å². The summed E-state index contributed by atoms with van der Waals surface area (Å²) in [5, 5.41) is 9.81. The summed E-state index contributed by atoms with van der Waals surface area (Å²) in [4.78, 5) is 2.40. The highest BCUT2D eigenvalue weighted by Crippen LogP contribution is 2.43. The first-order valence-corrected chi connectivity index (χ1v) is 18.4. The van der Waals surface area contributed by atoms with Gasteiger partial charge in [-0.25, -0.2) is 0 Å². The molecule has 2 N–H and O–H groups in total. The van der Waals surface area contributed by atoms with Crippen molar-refractivity contribution in [2.45, 2.75) is 87.1 Å². The molecule has 0 saturated heterocycles. The number of hydrogen-bond acceptors (Lipinski definition) is 3. The van der Waals surface area contributed by atoms with Gasteiger partial charge in [0.15, 0.2) is 0 Å². The van der Waals surface area contributed by atoms with Gasteiger partial charge in [-0.05, 0) is 107 Å². The molecule has 49 heavy (non-hydrogen) atoms. The summed E-state index contributed by atoms with van der Waals surface area (Å²) >= 11 is 0. The van der Waals surface area contributed by atoms with Crippen molar-refractivity contribution in [3.8, 4) is 0 Å². The molecule has 0 aromatic heterocycles. The van der Waals surface area contributed by atoms with Crippen LogP contribution in [-0.4, -0.2) is 19.6 Å². The third kappa shape index (κ3) is 8.87. The van der Waals surface area contributed by atoms with Gasteiger partial charge in [0, 0.05) is 54.5 Å². The van der Waals surface area contributed by atoms with E-state index in [0.717, 1.165) is 31.9 Å². The lowest BCUT2D eigenvalue weighted by atomic mass is 9.69. The van der Waals surface area contributed by atoms with Crippen LogP contribution in [0.1, 0.15) is 108 Å². The van der Waals surface area contributed by atoms with E-state index >= 15 is 0 Å². The van der Waals surface area contributed by atoms with E-state index < -0.39 is 0 Å². The fraction of sp³-hybridized carbons (Fsp3) is 0.391. The van der Waals surface area contributed by atoms with Gasteiger partial charge in [0.1, 0.15) is 0 Å². The van der Waals surface area contributed by atoms with Gasteiger partial charge in [0.2, 0.25) is 0 Å². The molecule has 0 aliphatic heterocycles. The van der Waals surface area contributed by atoms with Crippen LogP contribution >= 0.6 is 0 Å². The maximum Gasteiger partial charge on any atom is 0.0422 e. The number of rotatable bonds is 13. The first kappa shape index (κ1) is 36.1. The fourth-order valence-corrected chi connectivity index (χ4v) is 7.35. The van der Waals surface area contributed by atoms with Crippen LogP contribution in [-0.2, 0) is 6.54 Å². The lowest BCUT2D eigenvalue weighted by Gasteiger charge is -2.36. The molecule has 0 amide bonds. The monoisotopic (exact) mass is 653 g/mol. The van der Waals surface area contributed by atoms with Crippen LogP contribution in [0.4, 0.5) is 17.1 Å². The van der Waals surface area contributed by atoms with Gasteiger partial charge < -0.3 is 15.5 Å². The third-order valence-corrected chi connectivity index (χ3v) is 9.98. The molecule has 258 valence electrons. The molecule has 5 aromatic carbocycles. The van der Waals surface area contributed by atoms with E-state index in [0.29, 0.717) is 5.92 Å². The Morgan fingerprint density at radius 1 is 0.592 bits per heavy atom. The molecule has 0 radical (unpaired) electrons. The second-order valence-electron chi connectivity index (χ2n) is 15.9. The number of hydrogen-bond donors (Lipinski definition) is 2. The molecule has 5 rings (SSSR count). The molecule has 0 bridgehead atoms. The van der Waals surface area contributed by atoms with Crippen molar-refractivity contribution >= 4 is 27.8 Å². The molecular formula is C46H59N3. The van der Waals surface area contributed by atoms with Crippen LogP contribution in [0.3, 0.4) is 0 Å². The SMILES string of the molecule is CCNc1ccc(C(c2ccc(N(CC)CC)cc2)c2ccc(NCc3ccc(C(CC(C)(C)C)C(C)(C)C)cc3)c3ccccc23)cc1. The lowest BCUT2D eigenvalue weighted by molar-refractivity contribution is 0.229. The Balaban J connectivity index is 1.47. The minimum atomic E-state index is 0.108. The molecule has 2 unspecified atom stereocenters. The predicted octanol–water partition coefficient (Wildman–Crippen LogP) is 12.5. The Bertz CT molecular complexity index is 1770. The summed E-state index contributed by atoms with van der Waals surface area (Å²) in [6.45, 7) is 24.5. The number of fused-ring (bicyclic) bond motifs is 1. The van der Waals surface area contributed by atoms with E-state index in [1.165, 1.54) is 56.4 Å². The largest absolute Gasteiger partial charge is 0.385 e. The Kier molecular flexibility index (Phi) is 11.4. The molecule has 0 saturated carbocycles. The molecule has 2 atom stereocenters. The molecule has 3 nitrogen and oxygen atoms in total. The van der Waals surface area contributed by atoms with Crippen LogP contribution in [0.15, 0.2) is 109 Å². The van der Waals surface area contributed by atoms with Crippen LogP contribution in [0, 0.1) is 10.8 Å². The average molecular weight is 654 g/mol. The maximum absolute atomic E-state index is 3.81. The summed E-state index contributed by atoms with van der Waals surface area (Å²) in [7, 11) is 0. The van der Waals surface area contributed by atoms with Crippen LogP contribution in [0.2, 0.25) is 0 Å². The number of nitrogens with one attached hydrogen (secondary N) is 2. The smallest absolute Gasteiger partial charge is 0.0422 e. The Labute approximate surface area is 297 Å². The van der Waals surface area contributed by atoms with Gasteiger partial charge in [-0.15, -0.1) is 0 Å². The maximum atomic E-state index is 3.81. The summed E-state index contributed by atoms with van der Waals surface area (Å²) in [6.07, 6.45) is 1.17. The summed E-state index contributed by atoms with van der Waals surface area (Å²) in [6, 6.07) is 41.1. The van der Waals surface area contributed by atoms with Gasteiger partial charge in [-0.2, -0.15) is 0 Å². The minimum Gasteiger partial charge on any atom is -0.385 e. The van der Waals surface area contributed by atoms with Crippen molar-refractivity contribution in [1.82, 2.24) is 0 Å². The van der Waals surface area contributed by atoms with Crippen LogP contribution < -0.4 is 15.5 Å². The highest BCUT2D eigenvalue weighted by atomic mass is 15.1. The quantitative estimate of drug-likeness (QED) is 0.124. The number of nitrogens with zero attached hydrogens (tertiary/aromatic N) is 1. The Hall–Kier alpha value is -4.24. The molecule has 0 spiro atoms. The fourth-order valence-electron chi connectivity index (χ4n) is 7.35. The highest BCUT2D eigenvalue weighted by Gasteiger charge is 2.30. The number of anilines is 3. The van der Waals surface area contributed by atoms with Gasteiger partial charge >= 0.3 is 0 Å². The van der Waals surface area contributed by atoms with E-state index in [9.17, 15) is 0 Å². The third-order valence-electron chi connectivity index (χ3n) is 9.98. The standard InChI is InChI=1S/C46H59N3/c1-10-47-37-25-21-35(22-26-37)44(36-23-27-38(28-24-36)49(11-2)12-3)41-29-30-43(40-16-14-13-15-39(40)41)48-32-33-17-19-34(20-18-33)42(46(7,8)9)31-45(4,5)6/h13-30,42,44,47-48H,10-12,31-32H2,1-9H3. The molecule has 3 heteroatoms. The van der Waals surface area contributed by atoms with Crippen molar-refractivity contribution < 1.29 is 0 Å². The predicted molar refractivity (Wildman–Crippen MR) is 216 cm³/mol. The van der Waals surface area contributed by atoms with Gasteiger partial charge in [0.05, 0.1) is 0 Å².